The lowest BCUT2D eigenvalue weighted by Gasteiger charge is -2.09. The second-order valence-electron chi connectivity index (χ2n) is 6.49. The number of aryl methyl sites for hydroxylation is 1. The molecule has 1 N–H and O–H groups in total. The third kappa shape index (κ3) is 3.98. The molecule has 0 spiro atoms. The zero-order chi connectivity index (χ0) is 20.5. The van der Waals surface area contributed by atoms with Gasteiger partial charge in [0.05, 0.1) is 11.9 Å². The van der Waals surface area contributed by atoms with E-state index in [0.717, 1.165) is 13.6 Å². The molecule has 1 amide bonds. The maximum absolute atomic E-state index is 13.7. The maximum atomic E-state index is 13.7. The fourth-order valence-electron chi connectivity index (χ4n) is 2.94. The molecule has 0 atom stereocenters. The zero-order valence-corrected chi connectivity index (χ0v) is 17.4. The van der Waals surface area contributed by atoms with Crippen molar-refractivity contribution in [3.63, 3.8) is 0 Å². The second kappa shape index (κ2) is 7.86. The molecule has 8 heteroatoms. The Balaban J connectivity index is 1.81. The van der Waals surface area contributed by atoms with Crippen LogP contribution >= 0.6 is 22.6 Å². The van der Waals surface area contributed by atoms with Crippen molar-refractivity contribution in [2.45, 2.75) is 13.3 Å². The van der Waals surface area contributed by atoms with E-state index in [-0.39, 0.29) is 16.9 Å². The van der Waals surface area contributed by atoms with Gasteiger partial charge in [-0.15, -0.1) is 0 Å². The summed E-state index contributed by atoms with van der Waals surface area (Å²) >= 11 is 2.14. The molecule has 0 saturated heterocycles. The number of hydrogen-bond donors (Lipinski definition) is 1. The maximum Gasteiger partial charge on any atom is 0.280 e. The van der Waals surface area contributed by atoms with Crippen molar-refractivity contribution >= 4 is 39.8 Å². The van der Waals surface area contributed by atoms with Gasteiger partial charge in [-0.2, -0.15) is 5.10 Å². The molecule has 0 radical (unpaired) electrons. The van der Waals surface area contributed by atoms with E-state index in [2.05, 4.69) is 38.0 Å². The van der Waals surface area contributed by atoms with Gasteiger partial charge in [0, 0.05) is 14.8 Å². The predicted molar refractivity (Wildman–Crippen MR) is 115 cm³/mol. The molecule has 4 rings (SSSR count). The highest BCUT2D eigenvalue weighted by Gasteiger charge is 2.21. The van der Waals surface area contributed by atoms with Crippen molar-refractivity contribution in [3.05, 3.63) is 81.2 Å². The molecule has 29 heavy (non-hydrogen) atoms. The molecule has 2 heterocycles. The summed E-state index contributed by atoms with van der Waals surface area (Å²) in [7, 11) is 0. The van der Waals surface area contributed by atoms with E-state index >= 15 is 0 Å². The molecule has 0 aliphatic heterocycles. The minimum Gasteiger partial charge on any atom is -0.322 e. The first-order valence-corrected chi connectivity index (χ1v) is 9.81. The Labute approximate surface area is 178 Å². The van der Waals surface area contributed by atoms with Gasteiger partial charge >= 0.3 is 0 Å². The van der Waals surface area contributed by atoms with Crippen LogP contribution in [-0.4, -0.2) is 20.5 Å². The SMILES string of the molecule is Cc1ccc(-c2cc(C(F)F)n3ncc(C(=O)Nc4cccc(I)c4)c3n2)cc1. The zero-order valence-electron chi connectivity index (χ0n) is 15.2. The highest BCUT2D eigenvalue weighted by atomic mass is 127. The first-order chi connectivity index (χ1) is 13.9. The number of amides is 1. The fourth-order valence-corrected chi connectivity index (χ4v) is 3.48. The van der Waals surface area contributed by atoms with Crippen LogP contribution in [0.2, 0.25) is 0 Å². The van der Waals surface area contributed by atoms with E-state index in [0.29, 0.717) is 16.9 Å². The highest BCUT2D eigenvalue weighted by Crippen LogP contribution is 2.27. The Morgan fingerprint density at radius 3 is 2.59 bits per heavy atom. The topological polar surface area (TPSA) is 59.3 Å². The number of anilines is 1. The van der Waals surface area contributed by atoms with Crippen molar-refractivity contribution in [1.82, 2.24) is 14.6 Å². The van der Waals surface area contributed by atoms with Crippen molar-refractivity contribution in [3.8, 4) is 11.3 Å². The van der Waals surface area contributed by atoms with Crippen LogP contribution in [0.3, 0.4) is 0 Å². The van der Waals surface area contributed by atoms with Gasteiger partial charge in [-0.05, 0) is 53.8 Å². The summed E-state index contributed by atoms with van der Waals surface area (Å²) in [4.78, 5) is 17.2. The Bertz CT molecular complexity index is 1210. The highest BCUT2D eigenvalue weighted by molar-refractivity contribution is 14.1. The molecule has 0 unspecified atom stereocenters. The van der Waals surface area contributed by atoms with Crippen LogP contribution in [0.4, 0.5) is 14.5 Å². The Morgan fingerprint density at radius 1 is 1.14 bits per heavy atom. The van der Waals surface area contributed by atoms with E-state index in [9.17, 15) is 13.6 Å². The van der Waals surface area contributed by atoms with Gasteiger partial charge in [0.15, 0.2) is 5.65 Å². The molecule has 0 aliphatic carbocycles. The monoisotopic (exact) mass is 504 g/mol. The number of carbonyl (C=O) groups excluding carboxylic acids is 1. The number of halogens is 3. The minimum atomic E-state index is -2.77. The average molecular weight is 504 g/mol. The van der Waals surface area contributed by atoms with Crippen molar-refractivity contribution in [2.75, 3.05) is 5.32 Å². The molecule has 0 bridgehead atoms. The van der Waals surface area contributed by atoms with Gasteiger partial charge in [0.2, 0.25) is 0 Å². The molecule has 4 aromatic rings. The molecule has 2 aromatic carbocycles. The van der Waals surface area contributed by atoms with E-state index < -0.39 is 12.3 Å². The first-order valence-electron chi connectivity index (χ1n) is 8.73. The number of hydrogen-bond acceptors (Lipinski definition) is 3. The van der Waals surface area contributed by atoms with Gasteiger partial charge in [-0.25, -0.2) is 18.3 Å². The molecule has 146 valence electrons. The summed E-state index contributed by atoms with van der Waals surface area (Å²) in [5.41, 5.74) is 2.58. The predicted octanol–water partition coefficient (Wildman–Crippen LogP) is 5.50. The normalized spacial score (nSPS) is 11.2. The van der Waals surface area contributed by atoms with Gasteiger partial charge in [0.1, 0.15) is 11.3 Å². The number of fused-ring (bicyclic) bond motifs is 1. The molecule has 0 saturated carbocycles. The number of aromatic nitrogens is 3. The van der Waals surface area contributed by atoms with Gasteiger partial charge in [-0.3, -0.25) is 4.79 Å². The van der Waals surface area contributed by atoms with Gasteiger partial charge in [-0.1, -0.05) is 35.9 Å². The molecular weight excluding hydrogens is 489 g/mol. The third-order valence-corrected chi connectivity index (χ3v) is 5.07. The Morgan fingerprint density at radius 2 is 1.90 bits per heavy atom. The van der Waals surface area contributed by atoms with Crippen LogP contribution in [0.15, 0.2) is 60.8 Å². The summed E-state index contributed by atoms with van der Waals surface area (Å²) in [5.74, 6) is -0.462. The summed E-state index contributed by atoms with van der Waals surface area (Å²) < 4.78 is 29.3. The Kier molecular flexibility index (Phi) is 5.27. The van der Waals surface area contributed by atoms with Crippen LogP contribution in [0.5, 0.6) is 0 Å². The third-order valence-electron chi connectivity index (χ3n) is 4.40. The number of rotatable bonds is 4. The standard InChI is InChI=1S/C21H15F2IN4O/c1-12-5-7-13(8-6-12)17-10-18(19(22)23)28-20(27-17)16(11-25-28)21(29)26-15-4-2-3-14(24)9-15/h2-11,19H,1H3,(H,26,29). The fraction of sp³-hybridized carbons (Fsp3) is 0.0952. The Hall–Kier alpha value is -2.88. The number of nitrogens with zero attached hydrogens (tertiary/aromatic N) is 3. The molecule has 2 aromatic heterocycles. The largest absolute Gasteiger partial charge is 0.322 e. The average Bonchev–Trinajstić information content (AvgIpc) is 3.12. The summed E-state index contributed by atoms with van der Waals surface area (Å²) in [5, 5.41) is 6.75. The molecule has 5 nitrogen and oxygen atoms in total. The second-order valence-corrected chi connectivity index (χ2v) is 7.74. The lowest BCUT2D eigenvalue weighted by Crippen LogP contribution is -2.12. The van der Waals surface area contributed by atoms with Crippen LogP contribution in [-0.2, 0) is 0 Å². The van der Waals surface area contributed by atoms with Crippen molar-refractivity contribution < 1.29 is 13.6 Å². The van der Waals surface area contributed by atoms with Crippen LogP contribution in [0, 0.1) is 10.5 Å². The minimum absolute atomic E-state index is 0.0847. The van der Waals surface area contributed by atoms with Crippen LogP contribution in [0.1, 0.15) is 28.0 Å². The number of benzene rings is 2. The summed E-state index contributed by atoms with van der Waals surface area (Å²) in [6, 6.07) is 16.0. The van der Waals surface area contributed by atoms with E-state index in [4.69, 9.17) is 0 Å². The first kappa shape index (κ1) is 19.4. The number of alkyl halides is 2. The lowest BCUT2D eigenvalue weighted by atomic mass is 10.1. The van der Waals surface area contributed by atoms with Crippen molar-refractivity contribution in [2.24, 2.45) is 0 Å². The van der Waals surface area contributed by atoms with Gasteiger partial charge in [0.25, 0.3) is 12.3 Å². The quantitative estimate of drug-likeness (QED) is 0.374. The lowest BCUT2D eigenvalue weighted by molar-refractivity contribution is 0.102. The van der Waals surface area contributed by atoms with Gasteiger partial charge < -0.3 is 5.32 Å². The van der Waals surface area contributed by atoms with Crippen LogP contribution in [0.25, 0.3) is 16.9 Å². The van der Waals surface area contributed by atoms with E-state index in [1.54, 1.807) is 12.1 Å². The smallest absolute Gasteiger partial charge is 0.280 e. The number of nitrogens with one attached hydrogen (secondary N) is 1. The summed E-state index contributed by atoms with van der Waals surface area (Å²) in [6.07, 6.45) is -1.51. The molecule has 0 aliphatic rings. The molecular formula is C21H15F2IN4O. The van der Waals surface area contributed by atoms with E-state index in [1.807, 2.05) is 43.3 Å². The molecule has 0 fully saturated rings. The van der Waals surface area contributed by atoms with Crippen molar-refractivity contribution in [1.29, 1.82) is 0 Å². The van der Waals surface area contributed by atoms with Crippen LogP contribution < -0.4 is 5.32 Å². The van der Waals surface area contributed by atoms with E-state index in [1.165, 1.54) is 12.3 Å². The number of carbonyl (C=O) groups is 1. The summed E-state index contributed by atoms with van der Waals surface area (Å²) in [6.45, 7) is 1.94.